The van der Waals surface area contributed by atoms with Crippen molar-refractivity contribution < 1.29 is 12.5 Å². The summed E-state index contributed by atoms with van der Waals surface area (Å²) in [6, 6.07) is 0. The maximum atomic E-state index is 12.0. The van der Waals surface area contributed by atoms with Crippen LogP contribution in [0.15, 0.2) is 0 Å². The van der Waals surface area contributed by atoms with Crippen LogP contribution in [0.25, 0.3) is 0 Å². The second-order valence-electron chi connectivity index (χ2n) is 9.95. The van der Waals surface area contributed by atoms with Gasteiger partial charge in [-0.2, -0.15) is 0 Å². The van der Waals surface area contributed by atoms with Crippen molar-refractivity contribution in [2.45, 2.75) is 44.6 Å². The number of rotatable bonds is 1. The Hall–Kier alpha value is 0.583. The fraction of sp³-hybridized carbons (Fsp3) is 0.909. The van der Waals surface area contributed by atoms with Crippen LogP contribution < -0.4 is 0 Å². The number of hydrogen-bond donors (Lipinski definition) is 0. The van der Waals surface area contributed by atoms with E-state index in [1.54, 1.807) is 0 Å². The first-order chi connectivity index (χ1) is 6.49. The van der Waals surface area contributed by atoms with Crippen molar-refractivity contribution in [3.63, 3.8) is 0 Å². The van der Waals surface area contributed by atoms with E-state index in [1.165, 1.54) is 31.6 Å². The van der Waals surface area contributed by atoms with Crippen LogP contribution in [0.2, 0.25) is 44.6 Å². The average molecular weight is 294 g/mol. The molecule has 0 bridgehead atoms. The van der Waals surface area contributed by atoms with Crippen LogP contribution in [0, 0.1) is 0 Å². The van der Waals surface area contributed by atoms with Crippen LogP contribution in [0.5, 0.6) is 0 Å². The van der Waals surface area contributed by atoms with E-state index in [9.17, 15) is 4.79 Å². The summed E-state index contributed by atoms with van der Waals surface area (Å²) in [6.45, 7) is 0. The first-order valence-electron chi connectivity index (χ1n) is 5.90. The summed E-state index contributed by atoms with van der Waals surface area (Å²) in [5.74, 6) is 0. The van der Waals surface area contributed by atoms with Gasteiger partial charge in [0.15, 0.2) is 0 Å². The summed E-state index contributed by atoms with van der Waals surface area (Å²) in [5.41, 5.74) is 0. The zero-order valence-corrected chi connectivity index (χ0v) is 9.83. The van der Waals surface area contributed by atoms with Crippen molar-refractivity contribution in [1.82, 2.24) is 0 Å². The van der Waals surface area contributed by atoms with Crippen molar-refractivity contribution in [2.24, 2.45) is 0 Å². The van der Waals surface area contributed by atoms with Gasteiger partial charge in [0, 0.05) is 0 Å². The van der Waals surface area contributed by atoms with E-state index in [0.29, 0.717) is 4.01 Å². The van der Waals surface area contributed by atoms with Gasteiger partial charge in [-0.1, -0.05) is 0 Å². The van der Waals surface area contributed by atoms with E-state index >= 15 is 0 Å². The number of hydrogen-bond acceptors (Lipinski definition) is 1. The standard InChI is InChI=1S/C6H4ClO.C5H5.Ru/c7-6(8)5-3-1-2-4-5;1-2-4-5-3-1;/h1-4H;1-5H;. The molecule has 10 aliphatic heterocycles. The van der Waals surface area contributed by atoms with Gasteiger partial charge < -0.3 is 0 Å². The Balaban J connectivity index is 1.98. The third-order valence-electron chi connectivity index (χ3n) is 15.0. The van der Waals surface area contributed by atoms with E-state index in [-0.39, 0.29) is 5.24 Å². The van der Waals surface area contributed by atoms with Crippen molar-refractivity contribution in [2.75, 3.05) is 0 Å². The number of carbonyl (C=O) groups excluding carboxylic acids is 1. The first-order valence-corrected chi connectivity index (χ1v) is 16.2. The van der Waals surface area contributed by atoms with E-state index in [0.717, 1.165) is 9.02 Å². The van der Waals surface area contributed by atoms with Gasteiger partial charge in [0.1, 0.15) is 0 Å². The Morgan fingerprint density at radius 2 is 1.36 bits per heavy atom. The molecule has 10 aliphatic rings. The Kier molecular flexibility index (Phi) is 0.112. The van der Waals surface area contributed by atoms with Crippen molar-refractivity contribution in [3.05, 3.63) is 0 Å². The van der Waals surface area contributed by atoms with Gasteiger partial charge in [0.25, 0.3) is 0 Å². The maximum absolute atomic E-state index is 12.0. The molecule has 10 fully saturated rings. The molecule has 0 aromatic rings. The minimum atomic E-state index is -3.34. The van der Waals surface area contributed by atoms with Crippen molar-refractivity contribution in [3.8, 4) is 0 Å². The molecule has 0 amide bonds. The van der Waals surface area contributed by atoms with Gasteiger partial charge in [-0.05, 0) is 0 Å². The molecule has 14 heavy (non-hydrogen) atoms. The zero-order valence-electron chi connectivity index (χ0n) is 7.34. The number of fused-ring (bicyclic) bond motifs is 10. The molecule has 10 saturated heterocycles. The third-order valence-corrected chi connectivity index (χ3v) is 82.1. The average Bonchev–Trinajstić information content (AvgIpc) is 3.13. The van der Waals surface area contributed by atoms with Gasteiger partial charge in [0.2, 0.25) is 0 Å². The normalized spacial score (nSPS) is 142. The zero-order chi connectivity index (χ0) is 8.59. The van der Waals surface area contributed by atoms with Gasteiger partial charge in [0.05, 0.1) is 0 Å². The van der Waals surface area contributed by atoms with Gasteiger partial charge >= 0.3 is 74.0 Å². The second-order valence-corrected chi connectivity index (χ2v) is 47.4. The van der Waals surface area contributed by atoms with Gasteiger partial charge in [-0.25, -0.2) is 0 Å². The molecule has 0 aromatic heterocycles. The third kappa shape index (κ3) is 0.0350. The van der Waals surface area contributed by atoms with Crippen LogP contribution in [-0.4, -0.2) is 5.24 Å². The van der Waals surface area contributed by atoms with Crippen LogP contribution in [0.4, 0.5) is 0 Å². The molecule has 0 radical (unpaired) electrons. The number of halogens is 1. The molecule has 74 valence electrons. The summed E-state index contributed by atoms with van der Waals surface area (Å²) in [6.07, 6.45) is 0. The summed E-state index contributed by atoms with van der Waals surface area (Å²) in [5, 5.41) is 0.206. The molecule has 10 heterocycles. The monoisotopic (exact) mass is 294 g/mol. The van der Waals surface area contributed by atoms with Crippen LogP contribution >= 0.6 is 11.6 Å². The molecule has 4 atom stereocenters. The quantitative estimate of drug-likeness (QED) is 0.534. The number of carbonyl (C=O) groups is 1. The van der Waals surface area contributed by atoms with Gasteiger partial charge in [-0.3, -0.25) is 0 Å². The Labute approximate surface area is 73.9 Å². The fourth-order valence-electron chi connectivity index (χ4n) is 16.7. The molecule has 0 aliphatic carbocycles. The molecular weight excluding hydrogens is 285 g/mol. The van der Waals surface area contributed by atoms with E-state index in [2.05, 4.69) is 0 Å². The van der Waals surface area contributed by atoms with Crippen molar-refractivity contribution >= 4 is 16.8 Å². The fourth-order valence-corrected chi connectivity index (χ4v) is 151. The Morgan fingerprint density at radius 3 is 1.43 bits per heavy atom. The Morgan fingerprint density at radius 1 is 0.929 bits per heavy atom. The SMILES string of the molecule is O=C(Cl)[C]12[CH]3[CH]4[CH]5[CH]1[Ru]45321678[CH]2[CH]1[CH]6[CH]7[CH]28. The van der Waals surface area contributed by atoms with E-state index in [1.807, 2.05) is 0 Å². The molecule has 1 spiro atoms. The molecule has 0 saturated carbocycles. The molecule has 10 rings (SSSR count). The molecule has 0 aromatic carbocycles. The summed E-state index contributed by atoms with van der Waals surface area (Å²) in [4.78, 5) is 12.0. The minimum absolute atomic E-state index is 0.206. The van der Waals surface area contributed by atoms with Crippen LogP contribution in [0.1, 0.15) is 0 Å². The first kappa shape index (κ1) is 4.84. The predicted molar refractivity (Wildman–Crippen MR) is 47.3 cm³/mol. The molecule has 3 heteroatoms. The van der Waals surface area contributed by atoms with Crippen LogP contribution in [0.3, 0.4) is 0 Å². The topological polar surface area (TPSA) is 17.1 Å². The van der Waals surface area contributed by atoms with E-state index < -0.39 is 7.72 Å². The van der Waals surface area contributed by atoms with Crippen molar-refractivity contribution in [1.29, 1.82) is 0 Å². The second kappa shape index (κ2) is 0.323. The Bertz CT molecular complexity index is 849. The summed E-state index contributed by atoms with van der Waals surface area (Å²) in [7, 11) is -3.34. The summed E-state index contributed by atoms with van der Waals surface area (Å²) < 4.78 is 11.3. The van der Waals surface area contributed by atoms with Crippen LogP contribution in [-0.2, 0) is 12.5 Å². The summed E-state index contributed by atoms with van der Waals surface area (Å²) >= 11 is 6.09. The molecule has 1 nitrogen and oxygen atoms in total. The van der Waals surface area contributed by atoms with E-state index in [4.69, 9.17) is 11.6 Å². The molecule has 0 N–H and O–H groups in total. The molecule has 4 unspecified atom stereocenters. The predicted octanol–water partition coefficient (Wildman–Crippen LogP) is 3.51. The molecular formula is C11H9ClORu. The van der Waals surface area contributed by atoms with Gasteiger partial charge in [-0.15, -0.1) is 0 Å².